The molecule has 0 aromatic carbocycles. The number of esters is 1. The molecule has 7 N–H and O–H groups in total. The Bertz CT molecular complexity index is 1160. The van der Waals surface area contributed by atoms with Gasteiger partial charge in [0.1, 0.15) is 36.3 Å². The summed E-state index contributed by atoms with van der Waals surface area (Å²) < 4.78 is 6.00. The van der Waals surface area contributed by atoms with E-state index in [1.54, 1.807) is 6.92 Å². The summed E-state index contributed by atoms with van der Waals surface area (Å²) in [5.41, 5.74) is 0. The zero-order valence-corrected chi connectivity index (χ0v) is 33.8. The van der Waals surface area contributed by atoms with Crippen LogP contribution in [0.1, 0.15) is 139 Å². The maximum atomic E-state index is 13.9. The molecule has 14 heteroatoms. The standard InChI is InChI=1S/C39H71N5O9/c1-10-26(8)33-39(52)53-28(18-16-14-12-11-13-15-17-23(2)3)21-32(47)40-29(19-24(4)5)35(48)42-31(22-45)37(50)44-34(27(9)46)38(51)41-30(20-25(6)7)36(49)43-33/h23-31,33-34,45-46H,10-22H2,1-9H3,(H,40,47)(H,41,51)(H,42,48)(H,43,49)(H,44,50)/t26-,27+,28+,29+,30+,31-,33-,34-/m0/s1. The first-order valence-corrected chi connectivity index (χ1v) is 19.9. The number of unbranched alkanes of at least 4 members (excludes halogenated alkanes) is 5. The molecule has 0 radical (unpaired) electrons. The molecule has 0 aliphatic carbocycles. The molecule has 0 saturated carbocycles. The number of rotatable bonds is 17. The van der Waals surface area contributed by atoms with Crippen LogP contribution in [-0.2, 0) is 33.5 Å². The van der Waals surface area contributed by atoms with Gasteiger partial charge in [0.25, 0.3) is 0 Å². The summed E-state index contributed by atoms with van der Waals surface area (Å²) in [5, 5.41) is 33.5. The van der Waals surface area contributed by atoms with Gasteiger partial charge in [0.2, 0.25) is 29.5 Å². The minimum absolute atomic E-state index is 0.0507. The Balaban J connectivity index is 3.53. The summed E-state index contributed by atoms with van der Waals surface area (Å²) in [6, 6.07) is -6.40. The molecule has 1 fully saturated rings. The average molecular weight is 754 g/mol. The van der Waals surface area contributed by atoms with E-state index in [0.717, 1.165) is 25.7 Å². The molecule has 53 heavy (non-hydrogen) atoms. The third kappa shape index (κ3) is 18.6. The molecule has 1 aliphatic heterocycles. The predicted molar refractivity (Wildman–Crippen MR) is 203 cm³/mol. The molecule has 0 aromatic rings. The highest BCUT2D eigenvalue weighted by Crippen LogP contribution is 2.19. The van der Waals surface area contributed by atoms with E-state index in [4.69, 9.17) is 4.74 Å². The van der Waals surface area contributed by atoms with Crippen molar-refractivity contribution in [3.05, 3.63) is 0 Å². The van der Waals surface area contributed by atoms with E-state index in [9.17, 15) is 39.0 Å². The van der Waals surface area contributed by atoms with Gasteiger partial charge in [-0.05, 0) is 56.3 Å². The first-order chi connectivity index (χ1) is 24.9. The van der Waals surface area contributed by atoms with E-state index in [1.165, 1.54) is 19.8 Å². The van der Waals surface area contributed by atoms with E-state index >= 15 is 0 Å². The van der Waals surface area contributed by atoms with Gasteiger partial charge < -0.3 is 41.5 Å². The van der Waals surface area contributed by atoms with E-state index in [0.29, 0.717) is 25.2 Å². The van der Waals surface area contributed by atoms with E-state index in [-0.39, 0.29) is 37.0 Å². The molecule has 14 nitrogen and oxygen atoms in total. The van der Waals surface area contributed by atoms with E-state index < -0.39 is 84.5 Å². The molecule has 0 spiro atoms. The third-order valence-corrected chi connectivity index (χ3v) is 9.60. The van der Waals surface area contributed by atoms with Gasteiger partial charge in [-0.3, -0.25) is 24.0 Å². The lowest BCUT2D eigenvalue weighted by Crippen LogP contribution is -2.62. The van der Waals surface area contributed by atoms with Crippen LogP contribution < -0.4 is 26.6 Å². The van der Waals surface area contributed by atoms with Crippen molar-refractivity contribution in [2.24, 2.45) is 23.7 Å². The zero-order chi connectivity index (χ0) is 40.2. The third-order valence-electron chi connectivity index (χ3n) is 9.60. The van der Waals surface area contributed by atoms with Crippen molar-refractivity contribution < 1.29 is 43.7 Å². The minimum atomic E-state index is -1.56. The summed E-state index contributed by atoms with van der Waals surface area (Å²) in [4.78, 5) is 81.4. The second-order valence-corrected chi connectivity index (χ2v) is 16.1. The molecule has 306 valence electrons. The van der Waals surface area contributed by atoms with E-state index in [2.05, 4.69) is 40.4 Å². The second kappa shape index (κ2) is 24.9. The quantitative estimate of drug-likeness (QED) is 0.0859. The Morgan fingerprint density at radius 1 is 0.623 bits per heavy atom. The van der Waals surface area contributed by atoms with Crippen LogP contribution in [0.5, 0.6) is 0 Å². The molecule has 0 aromatic heterocycles. The van der Waals surface area contributed by atoms with Crippen molar-refractivity contribution in [3.63, 3.8) is 0 Å². The lowest BCUT2D eigenvalue weighted by molar-refractivity contribution is -0.156. The fourth-order valence-electron chi connectivity index (χ4n) is 6.25. The Hall–Kier alpha value is -3.26. The summed E-state index contributed by atoms with van der Waals surface area (Å²) in [7, 11) is 0. The van der Waals surface area contributed by atoms with Crippen LogP contribution in [0.2, 0.25) is 0 Å². The molecule has 1 aliphatic rings. The summed E-state index contributed by atoms with van der Waals surface area (Å²) >= 11 is 0. The smallest absolute Gasteiger partial charge is 0.329 e. The van der Waals surface area contributed by atoms with Gasteiger partial charge in [-0.15, -0.1) is 0 Å². The second-order valence-electron chi connectivity index (χ2n) is 16.1. The highest BCUT2D eigenvalue weighted by molar-refractivity contribution is 5.96. The maximum absolute atomic E-state index is 13.9. The minimum Gasteiger partial charge on any atom is -0.460 e. The number of cyclic esters (lactones) is 1. The van der Waals surface area contributed by atoms with Gasteiger partial charge in [-0.1, -0.05) is 100 Å². The largest absolute Gasteiger partial charge is 0.460 e. The number of aliphatic hydroxyl groups excluding tert-OH is 2. The Morgan fingerprint density at radius 2 is 1.11 bits per heavy atom. The summed E-state index contributed by atoms with van der Waals surface area (Å²) in [5.74, 6) is -4.26. The number of carbonyl (C=O) groups is 6. The number of aliphatic hydroxyl groups is 2. The highest BCUT2D eigenvalue weighted by atomic mass is 16.5. The van der Waals surface area contributed by atoms with Crippen LogP contribution in [0.3, 0.4) is 0 Å². The van der Waals surface area contributed by atoms with Crippen molar-refractivity contribution >= 4 is 35.5 Å². The first kappa shape index (κ1) is 47.8. The summed E-state index contributed by atoms with van der Waals surface area (Å²) in [6.07, 6.45) is 5.98. The van der Waals surface area contributed by atoms with Gasteiger partial charge in [0, 0.05) is 0 Å². The Labute approximate surface area is 317 Å². The van der Waals surface area contributed by atoms with Crippen LogP contribution in [0.4, 0.5) is 0 Å². The fraction of sp³-hybridized carbons (Fsp3) is 0.846. The normalized spacial score (nSPS) is 25.7. The van der Waals surface area contributed by atoms with Gasteiger partial charge >= 0.3 is 5.97 Å². The van der Waals surface area contributed by atoms with Crippen LogP contribution in [-0.4, -0.2) is 94.7 Å². The maximum Gasteiger partial charge on any atom is 0.329 e. The molecular weight excluding hydrogens is 682 g/mol. The van der Waals surface area contributed by atoms with Crippen molar-refractivity contribution in [1.29, 1.82) is 0 Å². The SMILES string of the molecule is CC[C@H](C)[C@@H]1NC(=O)[C@@H](CC(C)C)NC(=O)[C@H]([C@@H](C)O)NC(=O)[C@H](CO)NC(=O)[C@@H](CC(C)C)NC(=O)C[C@@H](CCCCCCCCC(C)C)OC1=O. The van der Waals surface area contributed by atoms with Crippen LogP contribution in [0.15, 0.2) is 0 Å². The lowest BCUT2D eigenvalue weighted by Gasteiger charge is -2.29. The number of carbonyl (C=O) groups excluding carboxylic acids is 6. The zero-order valence-electron chi connectivity index (χ0n) is 33.8. The lowest BCUT2D eigenvalue weighted by atomic mass is 9.97. The van der Waals surface area contributed by atoms with Gasteiger partial charge in [-0.25, -0.2) is 4.79 Å². The van der Waals surface area contributed by atoms with Crippen LogP contribution in [0, 0.1) is 23.7 Å². The molecule has 1 rings (SSSR count). The van der Waals surface area contributed by atoms with Crippen molar-refractivity contribution in [1.82, 2.24) is 26.6 Å². The number of hydrogen-bond donors (Lipinski definition) is 7. The first-order valence-electron chi connectivity index (χ1n) is 19.9. The average Bonchev–Trinajstić information content (AvgIpc) is 3.06. The molecule has 8 atom stereocenters. The molecule has 0 unspecified atom stereocenters. The highest BCUT2D eigenvalue weighted by Gasteiger charge is 2.37. The number of amides is 5. The van der Waals surface area contributed by atoms with Gasteiger partial charge in [0.05, 0.1) is 19.1 Å². The predicted octanol–water partition coefficient (Wildman–Crippen LogP) is 3.01. The van der Waals surface area contributed by atoms with Crippen molar-refractivity contribution in [3.8, 4) is 0 Å². The molecule has 5 amide bonds. The van der Waals surface area contributed by atoms with Gasteiger partial charge in [-0.2, -0.15) is 0 Å². The van der Waals surface area contributed by atoms with Crippen molar-refractivity contribution in [2.45, 2.75) is 182 Å². The summed E-state index contributed by atoms with van der Waals surface area (Å²) in [6.45, 7) is 16.0. The Morgan fingerprint density at radius 3 is 1.64 bits per heavy atom. The number of hydrogen-bond acceptors (Lipinski definition) is 9. The number of ether oxygens (including phenoxy) is 1. The molecular formula is C39H71N5O9. The topological polar surface area (TPSA) is 212 Å². The molecule has 1 saturated heterocycles. The monoisotopic (exact) mass is 754 g/mol. The fourth-order valence-corrected chi connectivity index (χ4v) is 6.25. The van der Waals surface area contributed by atoms with Crippen LogP contribution in [0.25, 0.3) is 0 Å². The molecule has 0 bridgehead atoms. The Kier molecular flexibility index (Phi) is 22.5. The number of nitrogens with one attached hydrogen (secondary N) is 5. The van der Waals surface area contributed by atoms with Crippen molar-refractivity contribution in [2.75, 3.05) is 6.61 Å². The van der Waals surface area contributed by atoms with Gasteiger partial charge in [0.15, 0.2) is 0 Å². The molecule has 1 heterocycles. The van der Waals surface area contributed by atoms with Crippen LogP contribution >= 0.6 is 0 Å². The van der Waals surface area contributed by atoms with E-state index in [1.807, 2.05) is 34.6 Å².